The molecule has 0 atom stereocenters. The molecule has 128 valence electrons. The van der Waals surface area contributed by atoms with Crippen LogP contribution in [0.3, 0.4) is 0 Å². The Hall–Kier alpha value is -2.66. The molecule has 0 aliphatic carbocycles. The number of benzene rings is 2. The number of nitrogens with zero attached hydrogens (tertiary/aromatic N) is 1. The van der Waals surface area contributed by atoms with Crippen LogP contribution in [0, 0.1) is 20.8 Å². The zero-order chi connectivity index (χ0) is 17.8. The van der Waals surface area contributed by atoms with Crippen molar-refractivity contribution in [3.05, 3.63) is 75.2 Å². The molecule has 0 bridgehead atoms. The number of aryl methyl sites for hydroxylation is 2. The normalized spacial score (nSPS) is 10.5. The first-order valence-corrected chi connectivity index (χ1v) is 8.93. The average Bonchev–Trinajstić information content (AvgIpc) is 3.03. The molecule has 0 aliphatic rings. The van der Waals surface area contributed by atoms with Crippen molar-refractivity contribution in [1.82, 2.24) is 4.98 Å². The fourth-order valence-electron chi connectivity index (χ4n) is 2.48. The van der Waals surface area contributed by atoms with Gasteiger partial charge in [-0.3, -0.25) is 4.79 Å². The third-order valence-electron chi connectivity index (χ3n) is 4.03. The minimum atomic E-state index is -0.182. The van der Waals surface area contributed by atoms with Gasteiger partial charge in [-0.25, -0.2) is 4.98 Å². The number of hydrogen-bond acceptors (Lipinski definition) is 4. The number of thiazole rings is 1. The van der Waals surface area contributed by atoms with Crippen LogP contribution in [-0.2, 0) is 6.61 Å². The molecule has 4 nitrogen and oxygen atoms in total. The van der Waals surface area contributed by atoms with Gasteiger partial charge in [0.15, 0.2) is 0 Å². The monoisotopic (exact) mass is 352 g/mol. The van der Waals surface area contributed by atoms with Gasteiger partial charge in [0.1, 0.15) is 12.4 Å². The number of aromatic nitrogens is 1. The van der Waals surface area contributed by atoms with E-state index in [9.17, 15) is 4.79 Å². The predicted molar refractivity (Wildman–Crippen MR) is 101 cm³/mol. The van der Waals surface area contributed by atoms with Crippen LogP contribution >= 0.6 is 11.3 Å². The molecule has 5 heteroatoms. The second kappa shape index (κ2) is 7.49. The summed E-state index contributed by atoms with van der Waals surface area (Å²) in [7, 11) is 0. The van der Waals surface area contributed by atoms with E-state index in [4.69, 9.17) is 4.74 Å². The van der Waals surface area contributed by atoms with Crippen molar-refractivity contribution in [3.63, 3.8) is 0 Å². The lowest BCUT2D eigenvalue weighted by Crippen LogP contribution is -2.14. The molecule has 0 unspecified atom stereocenters. The molecular formula is C20H20N2O2S. The lowest BCUT2D eigenvalue weighted by atomic mass is 10.1. The molecule has 0 fully saturated rings. The van der Waals surface area contributed by atoms with E-state index < -0.39 is 0 Å². The fraction of sp³-hybridized carbons (Fsp3) is 0.200. The molecule has 1 aromatic heterocycles. The number of hydrogen-bond donors (Lipinski definition) is 1. The second-order valence-electron chi connectivity index (χ2n) is 5.84. The van der Waals surface area contributed by atoms with Gasteiger partial charge < -0.3 is 10.1 Å². The number of ether oxygens (including phenoxy) is 1. The summed E-state index contributed by atoms with van der Waals surface area (Å²) in [5.41, 5.74) is 4.39. The Morgan fingerprint density at radius 2 is 1.92 bits per heavy atom. The number of amides is 1. The van der Waals surface area contributed by atoms with Crippen molar-refractivity contribution in [2.75, 3.05) is 5.32 Å². The molecule has 2 aromatic carbocycles. The number of rotatable bonds is 5. The molecular weight excluding hydrogens is 332 g/mol. The molecule has 1 N–H and O–H groups in total. The largest absolute Gasteiger partial charge is 0.486 e. The van der Waals surface area contributed by atoms with E-state index in [1.165, 1.54) is 0 Å². The number of anilines is 1. The third-order valence-corrected chi connectivity index (χ3v) is 4.85. The van der Waals surface area contributed by atoms with Crippen LogP contribution in [0.25, 0.3) is 0 Å². The molecule has 25 heavy (non-hydrogen) atoms. The van der Waals surface area contributed by atoms with Gasteiger partial charge in [-0.2, -0.15) is 0 Å². The Bertz CT molecular complexity index is 902. The fourth-order valence-corrected chi connectivity index (χ4v) is 3.08. The molecule has 0 aliphatic heterocycles. The maximum atomic E-state index is 12.7. The lowest BCUT2D eigenvalue weighted by Gasteiger charge is -2.13. The molecule has 3 rings (SSSR count). The summed E-state index contributed by atoms with van der Waals surface area (Å²) in [5.74, 6) is 0.370. The summed E-state index contributed by atoms with van der Waals surface area (Å²) in [4.78, 5) is 17.1. The molecule has 0 saturated carbocycles. The Kier molecular flexibility index (Phi) is 5.14. The van der Waals surface area contributed by atoms with Crippen LogP contribution in [0.4, 0.5) is 5.69 Å². The van der Waals surface area contributed by atoms with E-state index in [-0.39, 0.29) is 5.91 Å². The summed E-state index contributed by atoms with van der Waals surface area (Å²) < 4.78 is 5.83. The maximum absolute atomic E-state index is 12.7. The van der Waals surface area contributed by atoms with Crippen LogP contribution in [-0.4, -0.2) is 10.9 Å². The summed E-state index contributed by atoms with van der Waals surface area (Å²) in [6.07, 6.45) is 0. The van der Waals surface area contributed by atoms with Gasteiger partial charge in [-0.1, -0.05) is 24.3 Å². The number of para-hydroxylation sites is 1. The lowest BCUT2D eigenvalue weighted by molar-refractivity contribution is 0.102. The number of nitrogens with one attached hydrogen (secondary N) is 1. The highest BCUT2D eigenvalue weighted by Gasteiger charge is 2.14. The van der Waals surface area contributed by atoms with E-state index in [2.05, 4.69) is 10.3 Å². The van der Waals surface area contributed by atoms with Crippen molar-refractivity contribution in [3.8, 4) is 5.75 Å². The SMILES string of the molecule is Cc1nc(COc2ccccc2C(=O)Nc2cccc(C)c2C)cs1. The highest BCUT2D eigenvalue weighted by atomic mass is 32.1. The molecule has 1 amide bonds. The van der Waals surface area contributed by atoms with E-state index in [1.807, 2.05) is 56.5 Å². The van der Waals surface area contributed by atoms with Gasteiger partial charge in [0.2, 0.25) is 0 Å². The minimum absolute atomic E-state index is 0.182. The Labute approximate surface area is 151 Å². The van der Waals surface area contributed by atoms with Crippen LogP contribution in [0.15, 0.2) is 47.8 Å². The first kappa shape index (κ1) is 17.2. The van der Waals surface area contributed by atoms with Gasteiger partial charge in [-0.15, -0.1) is 11.3 Å². The van der Waals surface area contributed by atoms with Gasteiger partial charge in [0.05, 0.1) is 16.3 Å². The van der Waals surface area contributed by atoms with Gasteiger partial charge in [0.25, 0.3) is 5.91 Å². The zero-order valence-corrected chi connectivity index (χ0v) is 15.3. The van der Waals surface area contributed by atoms with Crippen LogP contribution in [0.5, 0.6) is 5.75 Å². The van der Waals surface area contributed by atoms with Crippen LogP contribution < -0.4 is 10.1 Å². The average molecular weight is 352 g/mol. The van der Waals surface area contributed by atoms with Crippen molar-refractivity contribution in [1.29, 1.82) is 0 Å². The summed E-state index contributed by atoms with van der Waals surface area (Å²) in [6, 6.07) is 13.1. The number of carbonyl (C=O) groups is 1. The third kappa shape index (κ3) is 4.06. The molecule has 3 aromatic rings. The quantitative estimate of drug-likeness (QED) is 0.710. The first-order valence-electron chi connectivity index (χ1n) is 8.05. The Balaban J connectivity index is 1.77. The van der Waals surface area contributed by atoms with E-state index in [1.54, 1.807) is 23.5 Å². The summed E-state index contributed by atoms with van der Waals surface area (Å²) in [6.45, 7) is 6.33. The molecule has 0 spiro atoms. The van der Waals surface area contributed by atoms with E-state index in [0.29, 0.717) is 17.9 Å². The molecule has 1 heterocycles. The standard InChI is InChI=1S/C20H20N2O2S/c1-13-7-6-9-18(14(13)2)22-20(23)17-8-4-5-10-19(17)24-11-16-12-25-15(3)21-16/h4-10,12H,11H2,1-3H3,(H,22,23). The Morgan fingerprint density at radius 3 is 2.68 bits per heavy atom. The van der Waals surface area contributed by atoms with Crippen molar-refractivity contribution in [2.45, 2.75) is 27.4 Å². The number of carbonyl (C=O) groups excluding carboxylic acids is 1. The molecule has 0 saturated heterocycles. The van der Waals surface area contributed by atoms with Gasteiger partial charge in [0, 0.05) is 11.1 Å². The van der Waals surface area contributed by atoms with E-state index >= 15 is 0 Å². The van der Waals surface area contributed by atoms with Crippen molar-refractivity contribution < 1.29 is 9.53 Å². The molecule has 0 radical (unpaired) electrons. The second-order valence-corrected chi connectivity index (χ2v) is 6.91. The Morgan fingerprint density at radius 1 is 1.12 bits per heavy atom. The summed E-state index contributed by atoms with van der Waals surface area (Å²) >= 11 is 1.58. The topological polar surface area (TPSA) is 51.2 Å². The first-order chi connectivity index (χ1) is 12.0. The summed E-state index contributed by atoms with van der Waals surface area (Å²) in [5, 5.41) is 5.94. The highest BCUT2D eigenvalue weighted by Crippen LogP contribution is 2.23. The van der Waals surface area contributed by atoms with Gasteiger partial charge >= 0.3 is 0 Å². The van der Waals surface area contributed by atoms with Crippen LogP contribution in [0.1, 0.15) is 32.2 Å². The zero-order valence-electron chi connectivity index (χ0n) is 14.5. The van der Waals surface area contributed by atoms with Crippen molar-refractivity contribution in [2.24, 2.45) is 0 Å². The van der Waals surface area contributed by atoms with Crippen LogP contribution in [0.2, 0.25) is 0 Å². The van der Waals surface area contributed by atoms with Crippen molar-refractivity contribution >= 4 is 22.9 Å². The van der Waals surface area contributed by atoms with Gasteiger partial charge in [-0.05, 0) is 50.1 Å². The smallest absolute Gasteiger partial charge is 0.259 e. The maximum Gasteiger partial charge on any atom is 0.259 e. The van der Waals surface area contributed by atoms with E-state index in [0.717, 1.165) is 27.5 Å². The predicted octanol–water partition coefficient (Wildman–Crippen LogP) is 4.90. The highest BCUT2D eigenvalue weighted by molar-refractivity contribution is 7.09. The minimum Gasteiger partial charge on any atom is -0.486 e.